The highest BCUT2D eigenvalue weighted by Crippen LogP contribution is 2.22. The summed E-state index contributed by atoms with van der Waals surface area (Å²) in [5, 5.41) is 0. The molecule has 1 amide bonds. The van der Waals surface area contributed by atoms with Crippen LogP contribution in [0.3, 0.4) is 0 Å². The third-order valence-electron chi connectivity index (χ3n) is 5.26. The maximum absolute atomic E-state index is 13.0. The van der Waals surface area contributed by atoms with Gasteiger partial charge in [-0.2, -0.15) is 0 Å². The highest BCUT2D eigenvalue weighted by molar-refractivity contribution is 7.91. The average Bonchev–Trinajstić information content (AvgIpc) is 3.12. The van der Waals surface area contributed by atoms with Crippen LogP contribution in [0.5, 0.6) is 0 Å². The van der Waals surface area contributed by atoms with E-state index in [1.807, 2.05) is 13.8 Å². The molecule has 0 aromatic rings. The zero-order chi connectivity index (χ0) is 18.1. The van der Waals surface area contributed by atoms with Crippen molar-refractivity contribution in [3.8, 4) is 0 Å². The Morgan fingerprint density at radius 2 is 2.08 bits per heavy atom. The van der Waals surface area contributed by atoms with Gasteiger partial charge in [0.25, 0.3) is 0 Å². The van der Waals surface area contributed by atoms with Crippen molar-refractivity contribution in [1.82, 2.24) is 9.80 Å². The summed E-state index contributed by atoms with van der Waals surface area (Å²) in [6.45, 7) is 7.65. The number of amides is 1. The lowest BCUT2D eigenvalue weighted by molar-refractivity contribution is -0.140. The molecule has 3 aliphatic heterocycles. The number of morpholine rings is 1. The molecule has 2 unspecified atom stereocenters. The second kappa shape index (κ2) is 7.50. The number of rotatable bonds is 5. The molecule has 3 fully saturated rings. The van der Waals surface area contributed by atoms with E-state index >= 15 is 0 Å². The second-order valence-electron chi connectivity index (χ2n) is 8.06. The smallest absolute Gasteiger partial charge is 0.237 e. The Labute approximate surface area is 150 Å². The molecule has 0 saturated carbocycles. The van der Waals surface area contributed by atoms with Crippen molar-refractivity contribution in [1.29, 1.82) is 0 Å². The van der Waals surface area contributed by atoms with Crippen LogP contribution in [0.25, 0.3) is 0 Å². The maximum atomic E-state index is 13.0. The quantitative estimate of drug-likeness (QED) is 0.689. The van der Waals surface area contributed by atoms with E-state index in [4.69, 9.17) is 9.47 Å². The van der Waals surface area contributed by atoms with Crippen molar-refractivity contribution in [2.45, 2.75) is 50.9 Å². The van der Waals surface area contributed by atoms with Gasteiger partial charge in [0.05, 0.1) is 36.4 Å². The van der Waals surface area contributed by atoms with Crippen LogP contribution in [-0.4, -0.2) is 92.8 Å². The SMILES string of the molecule is CC1(C)CN(CC(=O)N(CC2CCCO2)C2CCS(=O)(=O)C2)CCO1. The Kier molecular flexibility index (Phi) is 5.72. The van der Waals surface area contributed by atoms with E-state index in [1.165, 1.54) is 0 Å². The van der Waals surface area contributed by atoms with Crippen LogP contribution >= 0.6 is 0 Å². The molecule has 144 valence electrons. The van der Waals surface area contributed by atoms with Gasteiger partial charge in [0.1, 0.15) is 0 Å². The summed E-state index contributed by atoms with van der Waals surface area (Å²) in [5.41, 5.74) is -0.255. The molecule has 7 nitrogen and oxygen atoms in total. The summed E-state index contributed by atoms with van der Waals surface area (Å²) in [4.78, 5) is 16.9. The number of hydrogen-bond acceptors (Lipinski definition) is 6. The van der Waals surface area contributed by atoms with Crippen LogP contribution in [0.4, 0.5) is 0 Å². The van der Waals surface area contributed by atoms with Gasteiger partial charge in [-0.25, -0.2) is 8.42 Å². The van der Waals surface area contributed by atoms with Gasteiger partial charge in [-0.15, -0.1) is 0 Å². The summed E-state index contributed by atoms with van der Waals surface area (Å²) >= 11 is 0. The van der Waals surface area contributed by atoms with Gasteiger partial charge in [0, 0.05) is 32.3 Å². The van der Waals surface area contributed by atoms with Gasteiger partial charge in [0.15, 0.2) is 9.84 Å². The van der Waals surface area contributed by atoms with Crippen molar-refractivity contribution >= 4 is 15.7 Å². The lowest BCUT2D eigenvalue weighted by Gasteiger charge is -2.39. The van der Waals surface area contributed by atoms with Crippen LogP contribution in [0, 0.1) is 0 Å². The molecule has 0 N–H and O–H groups in total. The molecule has 0 bridgehead atoms. The molecular weight excluding hydrogens is 344 g/mol. The third-order valence-corrected chi connectivity index (χ3v) is 7.01. The molecule has 0 aromatic heterocycles. The first-order chi connectivity index (χ1) is 11.7. The summed E-state index contributed by atoms with van der Waals surface area (Å²) in [6, 6.07) is -0.212. The van der Waals surface area contributed by atoms with E-state index in [9.17, 15) is 13.2 Å². The van der Waals surface area contributed by atoms with Gasteiger partial charge in [0.2, 0.25) is 5.91 Å². The fourth-order valence-electron chi connectivity index (χ4n) is 4.01. The standard InChI is InChI=1S/C17H30N2O5S/c1-17(2)13-18(6-8-24-17)11-16(20)19(10-15-4-3-7-23-15)14-5-9-25(21,22)12-14/h14-15H,3-13H2,1-2H3. The second-order valence-corrected chi connectivity index (χ2v) is 10.3. The zero-order valence-electron chi connectivity index (χ0n) is 15.3. The Morgan fingerprint density at radius 3 is 2.68 bits per heavy atom. The molecule has 0 radical (unpaired) electrons. The summed E-state index contributed by atoms with van der Waals surface area (Å²) in [6.07, 6.45) is 2.52. The Balaban J connectivity index is 1.66. The van der Waals surface area contributed by atoms with E-state index in [1.54, 1.807) is 4.90 Å². The molecule has 2 atom stereocenters. The molecule has 0 aliphatic carbocycles. The van der Waals surface area contributed by atoms with Gasteiger partial charge < -0.3 is 14.4 Å². The van der Waals surface area contributed by atoms with Gasteiger partial charge >= 0.3 is 0 Å². The molecule has 3 saturated heterocycles. The van der Waals surface area contributed by atoms with Crippen molar-refractivity contribution < 1.29 is 22.7 Å². The topological polar surface area (TPSA) is 76.2 Å². The van der Waals surface area contributed by atoms with E-state index in [0.717, 1.165) is 26.0 Å². The summed E-state index contributed by atoms with van der Waals surface area (Å²) < 4.78 is 35.2. The highest BCUT2D eigenvalue weighted by Gasteiger charge is 2.37. The lowest BCUT2D eigenvalue weighted by atomic mass is 10.1. The van der Waals surface area contributed by atoms with E-state index < -0.39 is 9.84 Å². The Morgan fingerprint density at radius 1 is 1.28 bits per heavy atom. The summed E-state index contributed by atoms with van der Waals surface area (Å²) in [5.74, 6) is 0.271. The highest BCUT2D eigenvalue weighted by atomic mass is 32.2. The van der Waals surface area contributed by atoms with E-state index in [-0.39, 0.29) is 35.2 Å². The molecular formula is C17H30N2O5S. The van der Waals surface area contributed by atoms with Crippen LogP contribution in [-0.2, 0) is 24.1 Å². The first-order valence-corrected chi connectivity index (χ1v) is 11.0. The van der Waals surface area contributed by atoms with Gasteiger partial charge in [-0.1, -0.05) is 0 Å². The van der Waals surface area contributed by atoms with Crippen LogP contribution in [0.1, 0.15) is 33.1 Å². The fraction of sp³-hybridized carbons (Fsp3) is 0.941. The number of sulfone groups is 1. The molecule has 25 heavy (non-hydrogen) atoms. The Hall–Kier alpha value is -0.700. The monoisotopic (exact) mass is 374 g/mol. The molecule has 8 heteroatoms. The number of carbonyl (C=O) groups excluding carboxylic acids is 1. The zero-order valence-corrected chi connectivity index (χ0v) is 16.1. The normalized spacial score (nSPS) is 31.9. The number of carbonyl (C=O) groups is 1. The fourth-order valence-corrected chi connectivity index (χ4v) is 5.75. The largest absolute Gasteiger partial charge is 0.376 e. The molecule has 0 spiro atoms. The predicted octanol–water partition coefficient (Wildman–Crippen LogP) is 0.292. The van der Waals surface area contributed by atoms with Crippen LogP contribution in [0.2, 0.25) is 0 Å². The minimum Gasteiger partial charge on any atom is -0.376 e. The van der Waals surface area contributed by atoms with Crippen molar-refractivity contribution in [2.75, 3.05) is 50.9 Å². The third kappa shape index (κ3) is 5.15. The minimum absolute atomic E-state index is 0.00954. The minimum atomic E-state index is -3.03. The van der Waals surface area contributed by atoms with Gasteiger partial charge in [-0.3, -0.25) is 9.69 Å². The number of hydrogen-bond donors (Lipinski definition) is 0. The maximum Gasteiger partial charge on any atom is 0.237 e. The van der Waals surface area contributed by atoms with Crippen LogP contribution < -0.4 is 0 Å². The lowest BCUT2D eigenvalue weighted by Crippen LogP contribution is -2.54. The Bertz CT molecular complexity index is 586. The van der Waals surface area contributed by atoms with Crippen molar-refractivity contribution in [3.05, 3.63) is 0 Å². The first kappa shape index (κ1) is 19.1. The van der Waals surface area contributed by atoms with Crippen molar-refractivity contribution in [3.63, 3.8) is 0 Å². The number of nitrogens with zero attached hydrogens (tertiary/aromatic N) is 2. The average molecular weight is 375 g/mol. The predicted molar refractivity (Wildman–Crippen MR) is 94.2 cm³/mol. The first-order valence-electron chi connectivity index (χ1n) is 9.22. The molecule has 3 aliphatic rings. The van der Waals surface area contributed by atoms with E-state index in [2.05, 4.69) is 4.90 Å². The summed E-state index contributed by atoms with van der Waals surface area (Å²) in [7, 11) is -3.03. The van der Waals surface area contributed by atoms with Crippen molar-refractivity contribution in [2.24, 2.45) is 0 Å². The number of ether oxygens (including phenoxy) is 2. The molecule has 0 aromatic carbocycles. The van der Waals surface area contributed by atoms with Crippen LogP contribution in [0.15, 0.2) is 0 Å². The molecule has 3 rings (SSSR count). The molecule has 3 heterocycles. The van der Waals surface area contributed by atoms with Gasteiger partial charge in [-0.05, 0) is 33.1 Å². The van der Waals surface area contributed by atoms with E-state index in [0.29, 0.717) is 32.7 Å².